The molecule has 0 saturated carbocycles. The average molecular weight is 258 g/mol. The summed E-state index contributed by atoms with van der Waals surface area (Å²) >= 11 is 10.8. The molecule has 4 N–H and O–H groups in total. The highest BCUT2D eigenvalue weighted by Crippen LogP contribution is 2.19. The number of amides is 1. The van der Waals surface area contributed by atoms with Gasteiger partial charge in [0.15, 0.2) is 5.11 Å². The summed E-state index contributed by atoms with van der Waals surface area (Å²) in [4.78, 5) is 10.5. The summed E-state index contributed by atoms with van der Waals surface area (Å²) in [7, 11) is 0. The lowest BCUT2D eigenvalue weighted by Gasteiger charge is -2.11. The van der Waals surface area contributed by atoms with E-state index in [1.807, 2.05) is 13.0 Å². The number of carbonyl (C=O) groups is 1. The Morgan fingerprint density at radius 2 is 2.25 bits per heavy atom. The topological polar surface area (TPSA) is 67.2 Å². The molecule has 1 aromatic rings. The van der Waals surface area contributed by atoms with Crippen molar-refractivity contribution in [3.05, 3.63) is 28.8 Å². The van der Waals surface area contributed by atoms with Crippen molar-refractivity contribution >= 4 is 40.5 Å². The number of thiocarbonyl (C=S) groups is 1. The van der Waals surface area contributed by atoms with Crippen LogP contribution in [0.5, 0.6) is 0 Å². The normalized spacial score (nSPS) is 9.62. The Bertz CT molecular complexity index is 423. The first-order chi connectivity index (χ1) is 7.49. The standard InChI is InChI=1S/C10H12ClN3OS/c1-6-2-3-7(11)4-8(6)14-10(16)13-5-9(12)15/h2-4H,5H2,1H3,(H2,12,15)(H2,13,14,16). The number of hydrogen-bond acceptors (Lipinski definition) is 2. The number of nitrogens with one attached hydrogen (secondary N) is 2. The number of rotatable bonds is 3. The highest BCUT2D eigenvalue weighted by atomic mass is 35.5. The second-order valence-corrected chi connectivity index (χ2v) is 4.08. The third-order valence-corrected chi connectivity index (χ3v) is 2.35. The third-order valence-electron chi connectivity index (χ3n) is 1.87. The van der Waals surface area contributed by atoms with E-state index < -0.39 is 5.91 Å². The number of anilines is 1. The zero-order chi connectivity index (χ0) is 12.1. The Morgan fingerprint density at radius 3 is 2.88 bits per heavy atom. The fourth-order valence-electron chi connectivity index (χ4n) is 1.06. The Balaban J connectivity index is 2.62. The molecule has 0 radical (unpaired) electrons. The van der Waals surface area contributed by atoms with E-state index in [2.05, 4.69) is 10.6 Å². The van der Waals surface area contributed by atoms with Crippen molar-refractivity contribution < 1.29 is 4.79 Å². The minimum atomic E-state index is -0.466. The van der Waals surface area contributed by atoms with Gasteiger partial charge in [0.2, 0.25) is 5.91 Å². The number of hydrogen-bond donors (Lipinski definition) is 3. The average Bonchev–Trinajstić information content (AvgIpc) is 2.20. The van der Waals surface area contributed by atoms with Crippen molar-refractivity contribution in [1.82, 2.24) is 5.32 Å². The van der Waals surface area contributed by atoms with Gasteiger partial charge >= 0.3 is 0 Å². The summed E-state index contributed by atoms with van der Waals surface area (Å²) in [5.41, 5.74) is 6.79. The Hall–Kier alpha value is -1.33. The van der Waals surface area contributed by atoms with Gasteiger partial charge in [-0.1, -0.05) is 17.7 Å². The van der Waals surface area contributed by atoms with Gasteiger partial charge in [0.05, 0.1) is 6.54 Å². The first-order valence-electron chi connectivity index (χ1n) is 4.58. The molecule has 0 bridgehead atoms. The summed E-state index contributed by atoms with van der Waals surface area (Å²) in [6, 6.07) is 5.43. The van der Waals surface area contributed by atoms with E-state index in [0.717, 1.165) is 11.3 Å². The van der Waals surface area contributed by atoms with Crippen LogP contribution in [-0.4, -0.2) is 17.6 Å². The summed E-state index contributed by atoms with van der Waals surface area (Å²) < 4.78 is 0. The Morgan fingerprint density at radius 1 is 1.56 bits per heavy atom. The van der Waals surface area contributed by atoms with Crippen LogP contribution in [-0.2, 0) is 4.79 Å². The van der Waals surface area contributed by atoms with Crippen LogP contribution in [0.1, 0.15) is 5.56 Å². The molecule has 0 atom stereocenters. The zero-order valence-corrected chi connectivity index (χ0v) is 10.3. The minimum Gasteiger partial charge on any atom is -0.368 e. The van der Waals surface area contributed by atoms with Gasteiger partial charge in [-0.3, -0.25) is 4.79 Å². The van der Waals surface area contributed by atoms with E-state index in [1.165, 1.54) is 0 Å². The lowest BCUT2D eigenvalue weighted by Crippen LogP contribution is -2.36. The molecule has 16 heavy (non-hydrogen) atoms. The molecular formula is C10H12ClN3OS. The molecular weight excluding hydrogens is 246 g/mol. The molecule has 0 aliphatic carbocycles. The molecule has 6 heteroatoms. The second kappa shape index (κ2) is 5.67. The lowest BCUT2D eigenvalue weighted by atomic mass is 10.2. The monoisotopic (exact) mass is 257 g/mol. The first-order valence-corrected chi connectivity index (χ1v) is 5.37. The SMILES string of the molecule is Cc1ccc(Cl)cc1NC(=S)NCC(N)=O. The van der Waals surface area contributed by atoms with Gasteiger partial charge < -0.3 is 16.4 Å². The Labute approximate surface area is 104 Å². The summed E-state index contributed by atoms with van der Waals surface area (Å²) in [6.45, 7) is 1.93. The van der Waals surface area contributed by atoms with Crippen LogP contribution in [0.4, 0.5) is 5.69 Å². The molecule has 0 aromatic heterocycles. The number of carbonyl (C=O) groups excluding carboxylic acids is 1. The molecule has 1 amide bonds. The maximum atomic E-state index is 10.5. The minimum absolute atomic E-state index is 0.00540. The fraction of sp³-hybridized carbons (Fsp3) is 0.200. The van der Waals surface area contributed by atoms with Crippen molar-refractivity contribution in [2.45, 2.75) is 6.92 Å². The summed E-state index contributed by atoms with van der Waals surface area (Å²) in [6.07, 6.45) is 0. The van der Waals surface area contributed by atoms with Gasteiger partial charge in [0, 0.05) is 10.7 Å². The van der Waals surface area contributed by atoms with Gasteiger partial charge in [-0.25, -0.2) is 0 Å². The van der Waals surface area contributed by atoms with Crippen LogP contribution in [0.2, 0.25) is 5.02 Å². The predicted octanol–water partition coefficient (Wildman–Crippen LogP) is 1.42. The van der Waals surface area contributed by atoms with Crippen LogP contribution in [0, 0.1) is 6.92 Å². The van der Waals surface area contributed by atoms with Crippen molar-refractivity contribution in [2.75, 3.05) is 11.9 Å². The molecule has 0 saturated heterocycles. The largest absolute Gasteiger partial charge is 0.368 e. The van der Waals surface area contributed by atoms with Crippen LogP contribution in [0.3, 0.4) is 0 Å². The molecule has 0 spiro atoms. The van der Waals surface area contributed by atoms with Gasteiger partial charge in [-0.2, -0.15) is 0 Å². The molecule has 0 unspecified atom stereocenters. The lowest BCUT2D eigenvalue weighted by molar-refractivity contribution is -0.116. The molecule has 86 valence electrons. The Kier molecular flexibility index (Phi) is 4.52. The van der Waals surface area contributed by atoms with Crippen LogP contribution >= 0.6 is 23.8 Å². The van der Waals surface area contributed by atoms with Gasteiger partial charge in [-0.05, 0) is 36.8 Å². The summed E-state index contributed by atoms with van der Waals surface area (Å²) in [5, 5.41) is 6.57. The van der Waals surface area contributed by atoms with Crippen molar-refractivity contribution in [3.8, 4) is 0 Å². The third kappa shape index (κ3) is 4.04. The fourth-order valence-corrected chi connectivity index (χ4v) is 1.42. The molecule has 4 nitrogen and oxygen atoms in total. The molecule has 1 aromatic carbocycles. The zero-order valence-electron chi connectivity index (χ0n) is 8.71. The van der Waals surface area contributed by atoms with E-state index in [0.29, 0.717) is 10.1 Å². The molecule has 0 heterocycles. The maximum Gasteiger partial charge on any atom is 0.236 e. The van der Waals surface area contributed by atoms with Crippen molar-refractivity contribution in [1.29, 1.82) is 0 Å². The van der Waals surface area contributed by atoms with Crippen LogP contribution in [0.15, 0.2) is 18.2 Å². The summed E-state index contributed by atoms with van der Waals surface area (Å²) in [5.74, 6) is -0.466. The number of halogens is 1. The molecule has 0 fully saturated rings. The van der Waals surface area contributed by atoms with Gasteiger partial charge in [0.25, 0.3) is 0 Å². The maximum absolute atomic E-state index is 10.5. The molecule has 1 rings (SSSR count). The quantitative estimate of drug-likeness (QED) is 0.717. The molecule has 0 aliphatic heterocycles. The van der Waals surface area contributed by atoms with Crippen LogP contribution in [0.25, 0.3) is 0 Å². The molecule has 0 aliphatic rings. The highest BCUT2D eigenvalue weighted by Gasteiger charge is 2.02. The second-order valence-electron chi connectivity index (χ2n) is 3.23. The van der Waals surface area contributed by atoms with Crippen molar-refractivity contribution in [2.24, 2.45) is 5.73 Å². The number of aryl methyl sites for hydroxylation is 1. The predicted molar refractivity (Wildman–Crippen MR) is 69.6 cm³/mol. The number of nitrogens with two attached hydrogens (primary N) is 1. The smallest absolute Gasteiger partial charge is 0.236 e. The van der Waals surface area contributed by atoms with Gasteiger partial charge in [0.1, 0.15) is 0 Å². The van der Waals surface area contributed by atoms with E-state index in [4.69, 9.17) is 29.6 Å². The number of benzene rings is 1. The van der Waals surface area contributed by atoms with E-state index in [-0.39, 0.29) is 6.54 Å². The van der Waals surface area contributed by atoms with E-state index in [1.54, 1.807) is 12.1 Å². The number of primary amides is 1. The van der Waals surface area contributed by atoms with E-state index >= 15 is 0 Å². The van der Waals surface area contributed by atoms with Gasteiger partial charge in [-0.15, -0.1) is 0 Å². The highest BCUT2D eigenvalue weighted by molar-refractivity contribution is 7.80. The van der Waals surface area contributed by atoms with E-state index in [9.17, 15) is 4.79 Å². The first kappa shape index (κ1) is 12.7. The van der Waals surface area contributed by atoms with Crippen molar-refractivity contribution in [3.63, 3.8) is 0 Å². The van der Waals surface area contributed by atoms with Crippen LogP contribution < -0.4 is 16.4 Å².